The summed E-state index contributed by atoms with van der Waals surface area (Å²) in [7, 11) is -3.05. The van der Waals surface area contributed by atoms with Crippen LogP contribution in [-0.4, -0.2) is 37.0 Å². The topological polar surface area (TPSA) is 97.5 Å². The normalized spacial score (nSPS) is 32.7. The van der Waals surface area contributed by atoms with E-state index >= 15 is 0 Å². The Morgan fingerprint density at radius 3 is 2.69 bits per heavy atom. The molecule has 6 heteroatoms. The molecule has 0 amide bonds. The second kappa shape index (κ2) is 3.63. The van der Waals surface area contributed by atoms with Gasteiger partial charge in [0, 0.05) is 6.04 Å². The number of carboxylic acid groups (broad SMARTS) is 1. The fourth-order valence-corrected chi connectivity index (χ4v) is 3.33. The van der Waals surface area contributed by atoms with E-state index in [4.69, 9.17) is 10.8 Å². The molecule has 0 bridgehead atoms. The maximum atomic E-state index is 11.1. The molecule has 5 nitrogen and oxygen atoms in total. The first kappa shape index (κ1) is 10.5. The van der Waals surface area contributed by atoms with Gasteiger partial charge < -0.3 is 10.8 Å². The molecule has 1 aliphatic heterocycles. The Morgan fingerprint density at radius 1 is 1.54 bits per heavy atom. The molecule has 0 aromatic carbocycles. The van der Waals surface area contributed by atoms with Crippen LogP contribution in [0, 0.1) is 5.92 Å². The van der Waals surface area contributed by atoms with E-state index in [9.17, 15) is 13.2 Å². The zero-order valence-electron chi connectivity index (χ0n) is 7.14. The van der Waals surface area contributed by atoms with Gasteiger partial charge in [0.05, 0.1) is 17.9 Å². The van der Waals surface area contributed by atoms with Crippen molar-refractivity contribution in [3.63, 3.8) is 0 Å². The lowest BCUT2D eigenvalue weighted by Gasteiger charge is -2.26. The average Bonchev–Trinajstić information content (AvgIpc) is 1.95. The van der Waals surface area contributed by atoms with E-state index < -0.39 is 21.7 Å². The molecule has 0 aromatic rings. The van der Waals surface area contributed by atoms with Crippen LogP contribution in [0.25, 0.3) is 0 Å². The van der Waals surface area contributed by atoms with E-state index in [1.807, 2.05) is 0 Å². The van der Waals surface area contributed by atoms with Crippen LogP contribution < -0.4 is 5.73 Å². The van der Waals surface area contributed by atoms with Crippen LogP contribution >= 0.6 is 0 Å². The van der Waals surface area contributed by atoms with Crippen molar-refractivity contribution >= 4 is 15.8 Å². The lowest BCUT2D eigenvalue weighted by atomic mass is 9.96. The molecule has 0 saturated carbocycles. The Kier molecular flexibility index (Phi) is 2.92. The summed E-state index contributed by atoms with van der Waals surface area (Å²) in [6.45, 7) is 0. The molecular formula is C7H13NO4S. The number of hydrogen-bond donors (Lipinski definition) is 2. The Hall–Kier alpha value is -0.620. The smallest absolute Gasteiger partial charge is 0.303 e. The van der Waals surface area contributed by atoms with E-state index in [-0.39, 0.29) is 24.0 Å². The molecule has 0 aromatic heterocycles. The lowest BCUT2D eigenvalue weighted by Crippen LogP contribution is -2.42. The van der Waals surface area contributed by atoms with Gasteiger partial charge in [0.25, 0.3) is 0 Å². The van der Waals surface area contributed by atoms with Gasteiger partial charge in [-0.1, -0.05) is 0 Å². The van der Waals surface area contributed by atoms with Crippen molar-refractivity contribution in [2.75, 3.05) is 11.5 Å². The first-order valence-corrected chi connectivity index (χ1v) is 5.90. The largest absolute Gasteiger partial charge is 0.481 e. The summed E-state index contributed by atoms with van der Waals surface area (Å²) in [5, 5.41) is 8.50. The van der Waals surface area contributed by atoms with E-state index in [2.05, 4.69) is 0 Å². The zero-order valence-corrected chi connectivity index (χ0v) is 7.96. The molecule has 2 unspecified atom stereocenters. The minimum Gasteiger partial charge on any atom is -0.481 e. The third-order valence-corrected chi connectivity index (χ3v) is 4.07. The van der Waals surface area contributed by atoms with Crippen LogP contribution in [0.4, 0.5) is 0 Å². The van der Waals surface area contributed by atoms with Gasteiger partial charge in [0.2, 0.25) is 0 Å². The predicted molar refractivity (Wildman–Crippen MR) is 47.0 cm³/mol. The molecule has 3 N–H and O–H groups in total. The van der Waals surface area contributed by atoms with Crippen LogP contribution in [-0.2, 0) is 14.6 Å². The van der Waals surface area contributed by atoms with Crippen LogP contribution in [0.3, 0.4) is 0 Å². The molecule has 1 aliphatic rings. The van der Waals surface area contributed by atoms with Crippen molar-refractivity contribution in [3.8, 4) is 0 Å². The number of rotatable bonds is 2. The number of sulfone groups is 1. The van der Waals surface area contributed by atoms with Crippen LogP contribution in [0.1, 0.15) is 12.8 Å². The summed E-state index contributed by atoms with van der Waals surface area (Å²) < 4.78 is 22.3. The van der Waals surface area contributed by atoms with Gasteiger partial charge >= 0.3 is 5.97 Å². The van der Waals surface area contributed by atoms with Gasteiger partial charge in [-0.25, -0.2) is 8.42 Å². The fraction of sp³-hybridized carbons (Fsp3) is 0.857. The summed E-state index contributed by atoms with van der Waals surface area (Å²) >= 11 is 0. The second-order valence-electron chi connectivity index (χ2n) is 3.42. The molecule has 0 aliphatic carbocycles. The predicted octanol–water partition coefficient (Wildman–Crippen LogP) is -0.777. The van der Waals surface area contributed by atoms with Crippen LogP contribution in [0.5, 0.6) is 0 Å². The van der Waals surface area contributed by atoms with Gasteiger partial charge in [0.1, 0.15) is 0 Å². The highest BCUT2D eigenvalue weighted by molar-refractivity contribution is 7.91. The Balaban J connectivity index is 2.66. The minimum atomic E-state index is -3.05. The fourth-order valence-electron chi connectivity index (χ4n) is 1.52. The number of aliphatic carboxylic acids is 1. The standard InChI is InChI=1S/C7H13NO4S/c8-6-1-2-13(11,12)4-5(6)3-7(9)10/h5-6H,1-4,8H2,(H,9,10). The molecule has 13 heavy (non-hydrogen) atoms. The Bertz CT molecular complexity index is 298. The maximum Gasteiger partial charge on any atom is 0.303 e. The highest BCUT2D eigenvalue weighted by atomic mass is 32.2. The number of nitrogens with two attached hydrogens (primary N) is 1. The second-order valence-corrected chi connectivity index (χ2v) is 5.65. The zero-order chi connectivity index (χ0) is 10.1. The van der Waals surface area contributed by atoms with Crippen LogP contribution in [0.15, 0.2) is 0 Å². The first-order chi connectivity index (χ1) is 5.91. The van der Waals surface area contributed by atoms with Crippen molar-refractivity contribution in [3.05, 3.63) is 0 Å². The first-order valence-electron chi connectivity index (χ1n) is 4.08. The van der Waals surface area contributed by atoms with Crippen molar-refractivity contribution in [1.82, 2.24) is 0 Å². The van der Waals surface area contributed by atoms with Crippen molar-refractivity contribution in [2.24, 2.45) is 11.7 Å². The third-order valence-electron chi connectivity index (χ3n) is 2.27. The van der Waals surface area contributed by atoms with Gasteiger partial charge in [-0.3, -0.25) is 4.79 Å². The van der Waals surface area contributed by atoms with E-state index in [1.54, 1.807) is 0 Å². The molecule has 2 atom stereocenters. The number of hydrogen-bond acceptors (Lipinski definition) is 4. The van der Waals surface area contributed by atoms with Gasteiger partial charge in [0.15, 0.2) is 9.84 Å². The number of carboxylic acids is 1. The Morgan fingerprint density at radius 2 is 2.15 bits per heavy atom. The summed E-state index contributed by atoms with van der Waals surface area (Å²) in [5.74, 6) is -1.40. The molecule has 1 heterocycles. The summed E-state index contributed by atoms with van der Waals surface area (Å²) in [4.78, 5) is 10.4. The molecule has 1 rings (SSSR count). The maximum absolute atomic E-state index is 11.1. The van der Waals surface area contributed by atoms with Crippen molar-refractivity contribution in [1.29, 1.82) is 0 Å². The monoisotopic (exact) mass is 207 g/mol. The highest BCUT2D eigenvalue weighted by Gasteiger charge is 2.32. The van der Waals surface area contributed by atoms with Crippen LogP contribution in [0.2, 0.25) is 0 Å². The summed E-state index contributed by atoms with van der Waals surface area (Å²) in [5.41, 5.74) is 5.62. The lowest BCUT2D eigenvalue weighted by molar-refractivity contribution is -0.138. The van der Waals surface area contributed by atoms with E-state index in [1.165, 1.54) is 0 Å². The molecular weight excluding hydrogens is 194 g/mol. The van der Waals surface area contributed by atoms with Crippen molar-refractivity contribution in [2.45, 2.75) is 18.9 Å². The summed E-state index contributed by atoms with van der Waals surface area (Å²) in [6, 6.07) is -0.292. The van der Waals surface area contributed by atoms with E-state index in [0.29, 0.717) is 6.42 Å². The van der Waals surface area contributed by atoms with E-state index in [0.717, 1.165) is 0 Å². The van der Waals surface area contributed by atoms with Crippen molar-refractivity contribution < 1.29 is 18.3 Å². The van der Waals surface area contributed by atoms with Gasteiger partial charge in [-0.2, -0.15) is 0 Å². The summed E-state index contributed by atoms with van der Waals surface area (Å²) in [6.07, 6.45) is 0.223. The quantitative estimate of drug-likeness (QED) is 0.619. The molecule has 0 radical (unpaired) electrons. The highest BCUT2D eigenvalue weighted by Crippen LogP contribution is 2.20. The average molecular weight is 207 g/mol. The minimum absolute atomic E-state index is 0.0829. The Labute approximate surface area is 76.8 Å². The SMILES string of the molecule is NC1CCS(=O)(=O)CC1CC(=O)O. The molecule has 1 fully saturated rings. The third kappa shape index (κ3) is 2.96. The van der Waals surface area contributed by atoms with Gasteiger partial charge in [-0.05, 0) is 12.3 Å². The molecule has 76 valence electrons. The molecule has 1 saturated heterocycles. The van der Waals surface area contributed by atoms with Gasteiger partial charge in [-0.15, -0.1) is 0 Å². The number of carbonyl (C=O) groups is 1. The molecule has 0 spiro atoms.